The number of amides is 2. The zero-order chi connectivity index (χ0) is 33.5. The molecule has 0 aliphatic rings. The lowest BCUT2D eigenvalue weighted by Gasteiger charge is -2.16. The molecule has 0 aliphatic carbocycles. The van der Waals surface area contributed by atoms with Crippen LogP contribution in [0.25, 0.3) is 22.9 Å². The fraction of sp³-hybridized carbons (Fsp3) is 0.176. The number of methoxy groups -OCH3 is 6. The molecular weight excluding hydrogens is 608 g/mol. The van der Waals surface area contributed by atoms with Crippen molar-refractivity contribution in [1.82, 2.24) is 10.2 Å². The molecule has 2 N–H and O–H groups in total. The lowest BCUT2D eigenvalue weighted by molar-refractivity contribution is 0.102. The van der Waals surface area contributed by atoms with Crippen molar-refractivity contribution in [2.24, 2.45) is 0 Å². The standard InChI is InChI=1S/C34H32N4O9/c1-41-25-15-23(16-26(42-2)29(25)45-5)35-31(39)20-12-21(32(40)36-24-17-27(43-3)30(46-6)28(18-24)44-4)14-22(13-20)34-38-37-33(47-34)19-10-8-7-9-11-19/h7-18H,1-6H3,(H,35,39)(H,36,40). The summed E-state index contributed by atoms with van der Waals surface area (Å²) < 4.78 is 38.4. The minimum atomic E-state index is -0.536. The second kappa shape index (κ2) is 14.2. The molecule has 0 saturated heterocycles. The second-order valence-corrected chi connectivity index (χ2v) is 9.81. The molecule has 1 heterocycles. The Morgan fingerprint density at radius 2 is 0.936 bits per heavy atom. The van der Waals surface area contributed by atoms with Crippen molar-refractivity contribution in [3.8, 4) is 57.4 Å². The maximum Gasteiger partial charge on any atom is 0.255 e. The molecule has 13 heteroatoms. The first-order chi connectivity index (χ1) is 22.8. The van der Waals surface area contributed by atoms with Crippen LogP contribution in [-0.4, -0.2) is 64.7 Å². The summed E-state index contributed by atoms with van der Waals surface area (Å²) in [6.45, 7) is 0. The fourth-order valence-corrected chi connectivity index (χ4v) is 4.76. The number of rotatable bonds is 12. The number of aromatic nitrogens is 2. The van der Waals surface area contributed by atoms with Gasteiger partial charge in [-0.3, -0.25) is 9.59 Å². The lowest BCUT2D eigenvalue weighted by Crippen LogP contribution is -2.16. The maximum absolute atomic E-state index is 13.7. The molecule has 47 heavy (non-hydrogen) atoms. The Kier molecular flexibility index (Phi) is 9.75. The topological polar surface area (TPSA) is 152 Å². The minimum Gasteiger partial charge on any atom is -0.493 e. The molecule has 0 aliphatic heterocycles. The Hall–Kier alpha value is -6.24. The third-order valence-electron chi connectivity index (χ3n) is 7.00. The van der Waals surface area contributed by atoms with Crippen molar-refractivity contribution in [2.45, 2.75) is 0 Å². The highest BCUT2D eigenvalue weighted by atomic mass is 16.5. The van der Waals surface area contributed by atoms with E-state index < -0.39 is 11.8 Å². The fourth-order valence-electron chi connectivity index (χ4n) is 4.76. The van der Waals surface area contributed by atoms with E-state index in [1.165, 1.54) is 48.7 Å². The van der Waals surface area contributed by atoms with Crippen molar-refractivity contribution >= 4 is 23.2 Å². The zero-order valence-electron chi connectivity index (χ0n) is 26.5. The molecule has 1 aromatic heterocycles. The summed E-state index contributed by atoms with van der Waals surface area (Å²) >= 11 is 0. The zero-order valence-corrected chi connectivity index (χ0v) is 26.5. The molecule has 13 nitrogen and oxygen atoms in total. The Morgan fingerprint density at radius 1 is 0.532 bits per heavy atom. The van der Waals surface area contributed by atoms with Gasteiger partial charge in [-0.25, -0.2) is 0 Å². The lowest BCUT2D eigenvalue weighted by atomic mass is 10.0. The molecule has 0 fully saturated rings. The molecule has 0 radical (unpaired) electrons. The highest BCUT2D eigenvalue weighted by Gasteiger charge is 2.21. The number of carbonyl (C=O) groups excluding carboxylic acids is 2. The highest BCUT2D eigenvalue weighted by Crippen LogP contribution is 2.41. The van der Waals surface area contributed by atoms with Crippen LogP contribution in [0.15, 0.2) is 77.2 Å². The molecule has 0 unspecified atom stereocenters. The van der Waals surface area contributed by atoms with Crippen molar-refractivity contribution < 1.29 is 42.4 Å². The summed E-state index contributed by atoms with van der Waals surface area (Å²) in [6, 6.07) is 20.1. The van der Waals surface area contributed by atoms with Crippen molar-refractivity contribution in [3.05, 3.63) is 83.9 Å². The SMILES string of the molecule is COc1cc(NC(=O)c2cc(C(=O)Nc3cc(OC)c(OC)c(OC)c3)cc(-c3nnc(-c4ccccc4)o3)c2)cc(OC)c1OC. The number of nitrogens with zero attached hydrogens (tertiary/aromatic N) is 2. The molecule has 2 amide bonds. The highest BCUT2D eigenvalue weighted by molar-refractivity contribution is 6.10. The molecule has 0 spiro atoms. The van der Waals surface area contributed by atoms with Gasteiger partial charge in [0.2, 0.25) is 23.3 Å². The minimum absolute atomic E-state index is 0.105. The van der Waals surface area contributed by atoms with Crippen LogP contribution < -0.4 is 39.1 Å². The number of hydrogen-bond donors (Lipinski definition) is 2. The van der Waals surface area contributed by atoms with Gasteiger partial charge in [0.15, 0.2) is 23.0 Å². The summed E-state index contributed by atoms with van der Waals surface area (Å²) in [5, 5.41) is 14.0. The van der Waals surface area contributed by atoms with Crippen LogP contribution >= 0.6 is 0 Å². The summed E-state index contributed by atoms with van der Waals surface area (Å²) in [7, 11) is 8.85. The molecule has 5 aromatic rings. The first kappa shape index (κ1) is 32.2. The Bertz CT molecular complexity index is 1760. The van der Waals surface area contributed by atoms with E-state index in [9.17, 15) is 9.59 Å². The van der Waals surface area contributed by atoms with Gasteiger partial charge < -0.3 is 43.5 Å². The average molecular weight is 641 g/mol. The Morgan fingerprint density at radius 3 is 1.32 bits per heavy atom. The van der Waals surface area contributed by atoms with Crippen LogP contribution in [0.1, 0.15) is 20.7 Å². The van der Waals surface area contributed by atoms with Crippen LogP contribution in [0, 0.1) is 0 Å². The summed E-state index contributed by atoms with van der Waals surface area (Å²) in [5.41, 5.74) is 2.04. The number of anilines is 2. The first-order valence-electron chi connectivity index (χ1n) is 14.1. The van der Waals surface area contributed by atoms with Gasteiger partial charge in [-0.15, -0.1) is 10.2 Å². The van der Waals surface area contributed by atoms with Gasteiger partial charge in [-0.1, -0.05) is 18.2 Å². The summed E-state index contributed by atoms with van der Waals surface area (Å²) in [5.74, 6) is 1.43. The van der Waals surface area contributed by atoms with Gasteiger partial charge >= 0.3 is 0 Å². The molecule has 242 valence electrons. The molecule has 0 bridgehead atoms. The van der Waals surface area contributed by atoms with Crippen LogP contribution in [0.4, 0.5) is 11.4 Å². The van der Waals surface area contributed by atoms with E-state index in [2.05, 4.69) is 20.8 Å². The van der Waals surface area contributed by atoms with Gasteiger partial charge in [0.05, 0.1) is 42.7 Å². The maximum atomic E-state index is 13.7. The van der Waals surface area contributed by atoms with Crippen LogP contribution in [0.2, 0.25) is 0 Å². The molecule has 4 aromatic carbocycles. The van der Waals surface area contributed by atoms with E-state index in [1.807, 2.05) is 30.3 Å². The number of ether oxygens (including phenoxy) is 6. The van der Waals surface area contributed by atoms with Crippen molar-refractivity contribution in [2.75, 3.05) is 53.3 Å². The van der Waals surface area contributed by atoms with Crippen LogP contribution in [-0.2, 0) is 0 Å². The predicted octanol–water partition coefficient (Wildman–Crippen LogP) is 5.96. The normalized spacial score (nSPS) is 10.5. The van der Waals surface area contributed by atoms with Crippen molar-refractivity contribution in [3.63, 3.8) is 0 Å². The van der Waals surface area contributed by atoms with Gasteiger partial charge in [-0.2, -0.15) is 0 Å². The Balaban J connectivity index is 1.54. The number of hydrogen-bond acceptors (Lipinski definition) is 11. The molecule has 0 atom stereocenters. The van der Waals surface area contributed by atoms with E-state index in [0.29, 0.717) is 57.0 Å². The third kappa shape index (κ3) is 6.88. The van der Waals surface area contributed by atoms with Gasteiger partial charge in [0.1, 0.15) is 0 Å². The largest absolute Gasteiger partial charge is 0.493 e. The van der Waals surface area contributed by atoms with Gasteiger partial charge in [-0.05, 0) is 30.3 Å². The molecule has 0 saturated carbocycles. The van der Waals surface area contributed by atoms with Crippen LogP contribution in [0.5, 0.6) is 34.5 Å². The van der Waals surface area contributed by atoms with Crippen LogP contribution in [0.3, 0.4) is 0 Å². The van der Waals surface area contributed by atoms with Crippen molar-refractivity contribution in [1.29, 1.82) is 0 Å². The number of benzene rings is 4. The average Bonchev–Trinajstić information content (AvgIpc) is 3.61. The molecular formula is C34H32N4O9. The predicted molar refractivity (Wildman–Crippen MR) is 173 cm³/mol. The summed E-state index contributed by atoms with van der Waals surface area (Å²) in [4.78, 5) is 27.4. The first-order valence-corrected chi connectivity index (χ1v) is 14.1. The third-order valence-corrected chi connectivity index (χ3v) is 7.00. The monoisotopic (exact) mass is 640 g/mol. The second-order valence-electron chi connectivity index (χ2n) is 9.81. The molecule has 5 rings (SSSR count). The van der Waals surface area contributed by atoms with Gasteiger partial charge in [0.25, 0.3) is 11.8 Å². The van der Waals surface area contributed by atoms with E-state index in [1.54, 1.807) is 36.4 Å². The Labute approximate surface area is 270 Å². The number of carbonyl (C=O) groups is 2. The van der Waals surface area contributed by atoms with E-state index in [4.69, 9.17) is 32.8 Å². The van der Waals surface area contributed by atoms with E-state index in [0.717, 1.165) is 0 Å². The van der Waals surface area contributed by atoms with Gasteiger partial charge in [0, 0.05) is 57.9 Å². The number of nitrogens with one attached hydrogen (secondary N) is 2. The summed E-state index contributed by atoms with van der Waals surface area (Å²) in [6.07, 6.45) is 0. The smallest absolute Gasteiger partial charge is 0.255 e. The van der Waals surface area contributed by atoms with E-state index >= 15 is 0 Å². The van der Waals surface area contributed by atoms with E-state index in [-0.39, 0.29) is 22.9 Å². The quantitative estimate of drug-likeness (QED) is 0.166.